The van der Waals surface area contributed by atoms with Gasteiger partial charge in [-0.25, -0.2) is 4.39 Å². The predicted molar refractivity (Wildman–Crippen MR) is 40.7 cm³/mol. The lowest BCUT2D eigenvalue weighted by Crippen LogP contribution is -2.44. The zero-order valence-electron chi connectivity index (χ0n) is 6.73. The summed E-state index contributed by atoms with van der Waals surface area (Å²) in [5.41, 5.74) is -0.403. The van der Waals surface area contributed by atoms with Crippen molar-refractivity contribution in [3.63, 3.8) is 0 Å². The van der Waals surface area contributed by atoms with Gasteiger partial charge >= 0.3 is 0 Å². The molecule has 0 spiro atoms. The van der Waals surface area contributed by atoms with Crippen LogP contribution in [0.25, 0.3) is 0 Å². The van der Waals surface area contributed by atoms with Crippen LogP contribution in [0.4, 0.5) is 4.39 Å². The average molecular weight is 156 g/mol. The van der Waals surface area contributed by atoms with Crippen molar-refractivity contribution in [3.8, 4) is 6.07 Å². The van der Waals surface area contributed by atoms with E-state index in [4.69, 9.17) is 5.26 Å². The minimum absolute atomic E-state index is 0.329. The average Bonchev–Trinajstić information content (AvgIpc) is 1.96. The van der Waals surface area contributed by atoms with Crippen LogP contribution in [-0.2, 0) is 0 Å². The molecule has 0 saturated carbocycles. The van der Waals surface area contributed by atoms with Crippen LogP contribution in [0.15, 0.2) is 0 Å². The highest BCUT2D eigenvalue weighted by Crippen LogP contribution is 2.33. The van der Waals surface area contributed by atoms with E-state index in [1.807, 2.05) is 13.0 Å². The second kappa shape index (κ2) is 3.19. The van der Waals surface area contributed by atoms with E-state index in [0.717, 1.165) is 13.0 Å². The van der Waals surface area contributed by atoms with Crippen LogP contribution >= 0.6 is 0 Å². The molecule has 0 aliphatic carbocycles. The Morgan fingerprint density at radius 3 is 3.09 bits per heavy atom. The Morgan fingerprint density at radius 1 is 1.82 bits per heavy atom. The van der Waals surface area contributed by atoms with Gasteiger partial charge in [-0.1, -0.05) is 6.92 Å². The van der Waals surface area contributed by atoms with Crippen molar-refractivity contribution >= 4 is 0 Å². The smallest absolute Gasteiger partial charge is 0.119 e. The van der Waals surface area contributed by atoms with E-state index in [1.165, 1.54) is 0 Å². The molecule has 11 heavy (non-hydrogen) atoms. The summed E-state index contributed by atoms with van der Waals surface area (Å²) in [7, 11) is 0. The third kappa shape index (κ3) is 1.69. The maximum Gasteiger partial charge on any atom is 0.119 e. The fraction of sp³-hybridized carbons (Fsp3) is 0.875. The molecule has 1 fully saturated rings. The molecule has 0 aromatic carbocycles. The van der Waals surface area contributed by atoms with Crippen molar-refractivity contribution in [2.24, 2.45) is 5.41 Å². The van der Waals surface area contributed by atoms with Crippen molar-refractivity contribution in [2.45, 2.75) is 25.9 Å². The molecule has 0 aromatic rings. The molecule has 2 nitrogen and oxygen atoms in total. The Bertz CT molecular complexity index is 175. The molecule has 2 atom stereocenters. The molecule has 0 unspecified atom stereocenters. The summed E-state index contributed by atoms with van der Waals surface area (Å²) in [6, 6.07) is 2.04. The number of hydrogen-bond acceptors (Lipinski definition) is 2. The number of hydrogen-bond donors (Lipinski definition) is 1. The van der Waals surface area contributed by atoms with Crippen molar-refractivity contribution in [1.29, 1.82) is 5.26 Å². The molecule has 0 bridgehead atoms. The highest BCUT2D eigenvalue weighted by molar-refractivity contribution is 4.94. The van der Waals surface area contributed by atoms with Crippen LogP contribution in [0.2, 0.25) is 0 Å². The lowest BCUT2D eigenvalue weighted by molar-refractivity contribution is 0.0893. The third-order valence-electron chi connectivity index (χ3n) is 2.44. The monoisotopic (exact) mass is 156 g/mol. The molecule has 1 heterocycles. The summed E-state index contributed by atoms with van der Waals surface area (Å²) in [5.74, 6) is 0. The molecular formula is C8H13FN2. The van der Waals surface area contributed by atoms with E-state index in [-0.39, 0.29) is 0 Å². The van der Waals surface area contributed by atoms with Gasteiger partial charge in [0.15, 0.2) is 0 Å². The molecule has 0 aromatic heterocycles. The van der Waals surface area contributed by atoms with Crippen molar-refractivity contribution in [2.75, 3.05) is 13.1 Å². The molecule has 1 rings (SSSR count). The molecule has 62 valence electrons. The Labute approximate surface area is 66.4 Å². The number of piperidine rings is 1. The summed E-state index contributed by atoms with van der Waals surface area (Å²) in [6.45, 7) is 3.08. The van der Waals surface area contributed by atoms with Gasteiger partial charge in [0.1, 0.15) is 6.17 Å². The lowest BCUT2D eigenvalue weighted by atomic mass is 9.77. The lowest BCUT2D eigenvalue weighted by Gasteiger charge is -2.35. The highest BCUT2D eigenvalue weighted by Gasteiger charge is 2.36. The Morgan fingerprint density at radius 2 is 2.55 bits per heavy atom. The summed E-state index contributed by atoms with van der Waals surface area (Å²) >= 11 is 0. The Kier molecular flexibility index (Phi) is 2.45. The van der Waals surface area contributed by atoms with Gasteiger partial charge in [-0.05, 0) is 13.0 Å². The normalized spacial score (nSPS) is 38.1. The van der Waals surface area contributed by atoms with Crippen LogP contribution in [0, 0.1) is 16.7 Å². The minimum Gasteiger partial charge on any atom is -0.314 e. The molecule has 1 aliphatic rings. The SMILES string of the molecule is C[C@]1(CC#N)CCNC[C@@H]1F. The first kappa shape index (κ1) is 8.48. The molecule has 3 heteroatoms. The van der Waals surface area contributed by atoms with Gasteiger partial charge in [-0.15, -0.1) is 0 Å². The first-order valence-electron chi connectivity index (χ1n) is 3.91. The quantitative estimate of drug-likeness (QED) is 0.620. The van der Waals surface area contributed by atoms with Gasteiger partial charge in [-0.2, -0.15) is 5.26 Å². The second-order valence-corrected chi connectivity index (χ2v) is 3.41. The van der Waals surface area contributed by atoms with E-state index >= 15 is 0 Å². The summed E-state index contributed by atoms with van der Waals surface area (Å²) in [6.07, 6.45) is 0.230. The number of halogens is 1. The maximum atomic E-state index is 13.2. The van der Waals surface area contributed by atoms with Gasteiger partial charge in [-0.3, -0.25) is 0 Å². The zero-order chi connectivity index (χ0) is 8.32. The van der Waals surface area contributed by atoms with Gasteiger partial charge in [0.2, 0.25) is 0 Å². The Balaban J connectivity index is 2.58. The number of nitriles is 1. The third-order valence-corrected chi connectivity index (χ3v) is 2.44. The van der Waals surface area contributed by atoms with Crippen molar-refractivity contribution in [3.05, 3.63) is 0 Å². The zero-order valence-corrected chi connectivity index (χ0v) is 6.73. The van der Waals surface area contributed by atoms with Gasteiger partial charge in [0.25, 0.3) is 0 Å². The second-order valence-electron chi connectivity index (χ2n) is 3.41. The number of rotatable bonds is 1. The Hall–Kier alpha value is -0.620. The van der Waals surface area contributed by atoms with Crippen LogP contribution < -0.4 is 5.32 Å². The van der Waals surface area contributed by atoms with Crippen LogP contribution in [0.3, 0.4) is 0 Å². The summed E-state index contributed by atoms with van der Waals surface area (Å²) in [4.78, 5) is 0. The first-order valence-corrected chi connectivity index (χ1v) is 3.91. The van der Waals surface area contributed by atoms with Gasteiger partial charge in [0, 0.05) is 18.4 Å². The van der Waals surface area contributed by atoms with E-state index in [1.54, 1.807) is 0 Å². The van der Waals surface area contributed by atoms with Crippen LogP contribution in [0.1, 0.15) is 19.8 Å². The molecule has 1 aliphatic heterocycles. The number of alkyl halides is 1. The number of nitrogens with one attached hydrogen (secondary N) is 1. The van der Waals surface area contributed by atoms with Crippen molar-refractivity contribution < 1.29 is 4.39 Å². The topological polar surface area (TPSA) is 35.8 Å². The number of nitrogens with zero attached hydrogens (tertiary/aromatic N) is 1. The minimum atomic E-state index is -0.865. The largest absolute Gasteiger partial charge is 0.314 e. The van der Waals surface area contributed by atoms with E-state index < -0.39 is 11.6 Å². The van der Waals surface area contributed by atoms with Crippen LogP contribution in [0.5, 0.6) is 0 Å². The standard InChI is InChI=1S/C8H13FN2/c1-8(2-4-10)3-5-11-6-7(8)9/h7,11H,2-3,5-6H2,1H3/t7-,8-/m0/s1. The fourth-order valence-electron chi connectivity index (χ4n) is 1.39. The van der Waals surface area contributed by atoms with Crippen LogP contribution in [-0.4, -0.2) is 19.3 Å². The maximum absolute atomic E-state index is 13.2. The summed E-state index contributed by atoms with van der Waals surface area (Å²) in [5, 5.41) is 11.4. The molecular weight excluding hydrogens is 143 g/mol. The van der Waals surface area contributed by atoms with E-state index in [9.17, 15) is 4.39 Å². The molecule has 0 radical (unpaired) electrons. The summed E-state index contributed by atoms with van der Waals surface area (Å²) < 4.78 is 13.2. The predicted octanol–water partition coefficient (Wildman–Crippen LogP) is 1.24. The molecule has 1 saturated heterocycles. The molecule has 0 amide bonds. The van der Waals surface area contributed by atoms with Crippen molar-refractivity contribution in [1.82, 2.24) is 5.32 Å². The fourth-order valence-corrected chi connectivity index (χ4v) is 1.39. The van der Waals surface area contributed by atoms with E-state index in [0.29, 0.717) is 13.0 Å². The van der Waals surface area contributed by atoms with Gasteiger partial charge < -0.3 is 5.32 Å². The first-order chi connectivity index (χ1) is 5.19. The molecule has 1 N–H and O–H groups in total. The van der Waals surface area contributed by atoms with Gasteiger partial charge in [0.05, 0.1) is 6.07 Å². The van der Waals surface area contributed by atoms with E-state index in [2.05, 4.69) is 5.32 Å². The highest BCUT2D eigenvalue weighted by atomic mass is 19.1.